The molecule has 0 bridgehead atoms. The summed E-state index contributed by atoms with van der Waals surface area (Å²) in [6.45, 7) is 11.2. The van der Waals surface area contributed by atoms with Crippen molar-refractivity contribution >= 4 is 29.1 Å². The van der Waals surface area contributed by atoms with E-state index >= 15 is 0 Å². The smallest absolute Gasteiger partial charge is 0.246 e. The Morgan fingerprint density at radius 1 is 1.18 bits per heavy atom. The van der Waals surface area contributed by atoms with Crippen molar-refractivity contribution in [3.8, 4) is 10.4 Å². The number of nitrogens with one attached hydrogen (secondary N) is 2. The minimum Gasteiger partial charge on any atom is -0.391 e. The maximum Gasteiger partial charge on any atom is 0.246 e. The maximum absolute atomic E-state index is 13.8. The first-order valence-electron chi connectivity index (χ1n) is 15.5. The SMILES string of the molecule is Cc1ncsc1-c1ccc(CNC(=O)[C@@H]2C[C@@H](O)CN2C(=O)C(NC(=O)COC2CCN(CCCN)CC2)C(C)(C)C)cc1. The molecule has 2 aliphatic rings. The van der Waals surface area contributed by atoms with Crippen molar-refractivity contribution in [2.45, 2.75) is 84.2 Å². The number of amides is 3. The van der Waals surface area contributed by atoms with Crippen molar-refractivity contribution in [1.82, 2.24) is 25.4 Å². The lowest BCUT2D eigenvalue weighted by Crippen LogP contribution is -2.58. The number of aliphatic hydroxyl groups is 1. The lowest BCUT2D eigenvalue weighted by atomic mass is 9.85. The van der Waals surface area contributed by atoms with Gasteiger partial charge in [0.25, 0.3) is 0 Å². The number of nitrogens with zero attached hydrogens (tertiary/aromatic N) is 3. The van der Waals surface area contributed by atoms with Crippen LogP contribution in [-0.2, 0) is 25.7 Å². The van der Waals surface area contributed by atoms with Crippen LogP contribution in [0.4, 0.5) is 0 Å². The van der Waals surface area contributed by atoms with E-state index in [1.54, 1.807) is 11.3 Å². The Balaban J connectivity index is 1.31. The second-order valence-electron chi connectivity index (χ2n) is 12.9. The van der Waals surface area contributed by atoms with Crippen LogP contribution in [-0.4, -0.2) is 101 Å². The molecule has 2 saturated heterocycles. The minimum absolute atomic E-state index is 0.00603. The lowest BCUT2D eigenvalue weighted by Gasteiger charge is -2.35. The minimum atomic E-state index is -0.889. The maximum atomic E-state index is 13.8. The number of thiazole rings is 1. The number of rotatable bonds is 12. The summed E-state index contributed by atoms with van der Waals surface area (Å²) in [7, 11) is 0. The Labute approximate surface area is 264 Å². The number of β-amino-alcohol motifs (C(OH)–C–C–N with tert-alkyl or cyclic N) is 1. The van der Waals surface area contributed by atoms with Crippen molar-refractivity contribution in [2.24, 2.45) is 11.1 Å². The summed E-state index contributed by atoms with van der Waals surface area (Å²) in [5.74, 6) is -1.10. The summed E-state index contributed by atoms with van der Waals surface area (Å²) in [6, 6.07) is 6.20. The largest absolute Gasteiger partial charge is 0.391 e. The predicted molar refractivity (Wildman–Crippen MR) is 171 cm³/mol. The van der Waals surface area contributed by atoms with E-state index in [0.717, 1.165) is 60.6 Å². The summed E-state index contributed by atoms with van der Waals surface area (Å²) in [4.78, 5) is 49.3. The first-order chi connectivity index (χ1) is 21.0. The topological polar surface area (TPSA) is 150 Å². The highest BCUT2D eigenvalue weighted by atomic mass is 32.1. The van der Waals surface area contributed by atoms with Crippen LogP contribution in [0.25, 0.3) is 10.4 Å². The van der Waals surface area contributed by atoms with Gasteiger partial charge >= 0.3 is 0 Å². The van der Waals surface area contributed by atoms with E-state index in [1.165, 1.54) is 4.90 Å². The summed E-state index contributed by atoms with van der Waals surface area (Å²) in [5, 5.41) is 16.3. The Kier molecular flexibility index (Phi) is 11.9. The zero-order chi connectivity index (χ0) is 31.9. The first kappa shape index (κ1) is 34.0. The molecular weight excluding hydrogens is 580 g/mol. The molecule has 0 aliphatic carbocycles. The van der Waals surface area contributed by atoms with Gasteiger partial charge in [0.2, 0.25) is 17.7 Å². The van der Waals surface area contributed by atoms with Crippen LogP contribution >= 0.6 is 11.3 Å². The Morgan fingerprint density at radius 3 is 2.50 bits per heavy atom. The Bertz CT molecular complexity index is 1250. The number of ether oxygens (including phenoxy) is 1. The number of aliphatic hydroxyl groups excluding tert-OH is 1. The zero-order valence-electron chi connectivity index (χ0n) is 26.4. The normalized spacial score (nSPS) is 20.5. The van der Waals surface area contributed by atoms with Gasteiger partial charge in [0, 0.05) is 32.6 Å². The summed E-state index contributed by atoms with van der Waals surface area (Å²) < 4.78 is 5.91. The standard InChI is InChI=1S/C32H48N6O5S/c1-21-28(44-20-35-21)23-8-6-22(7-9-23)17-34-30(41)26-16-24(39)18-38(26)31(42)29(32(2,3)4)36-27(40)19-43-25-10-14-37(15-11-25)13-5-12-33/h6-9,20,24-26,29,39H,5,10-19,33H2,1-4H3,(H,34,41)(H,36,40)/t24-,26+,29?/m1/s1. The molecular formula is C32H48N6O5S. The molecule has 3 amide bonds. The number of piperidine rings is 1. The average molecular weight is 629 g/mol. The molecule has 4 rings (SSSR count). The molecule has 2 fully saturated rings. The Morgan fingerprint density at radius 2 is 1.89 bits per heavy atom. The summed E-state index contributed by atoms with van der Waals surface area (Å²) in [6.07, 6.45) is 1.96. The molecule has 3 heterocycles. The highest BCUT2D eigenvalue weighted by Gasteiger charge is 2.44. The molecule has 0 radical (unpaired) electrons. The van der Waals surface area contributed by atoms with E-state index in [0.29, 0.717) is 6.54 Å². The van der Waals surface area contributed by atoms with Crippen molar-refractivity contribution in [1.29, 1.82) is 0 Å². The molecule has 1 unspecified atom stereocenters. The fourth-order valence-electron chi connectivity index (χ4n) is 5.79. The monoisotopic (exact) mass is 628 g/mol. The molecule has 5 N–H and O–H groups in total. The van der Waals surface area contributed by atoms with Gasteiger partial charge in [0.1, 0.15) is 18.7 Å². The van der Waals surface area contributed by atoms with Crippen LogP contribution in [0, 0.1) is 12.3 Å². The third-order valence-corrected chi connectivity index (χ3v) is 9.35. The zero-order valence-corrected chi connectivity index (χ0v) is 27.2. The molecule has 2 aliphatic heterocycles. The van der Waals surface area contributed by atoms with Gasteiger partial charge in [-0.15, -0.1) is 11.3 Å². The van der Waals surface area contributed by atoms with E-state index < -0.39 is 23.6 Å². The number of aromatic nitrogens is 1. The number of hydrogen-bond acceptors (Lipinski definition) is 9. The number of likely N-dealkylation sites (tertiary alicyclic amines) is 2. The van der Waals surface area contributed by atoms with Crippen molar-refractivity contribution in [2.75, 3.05) is 39.3 Å². The molecule has 1 aromatic heterocycles. The highest BCUT2D eigenvalue weighted by molar-refractivity contribution is 7.13. The van der Waals surface area contributed by atoms with Crippen LogP contribution in [0.15, 0.2) is 29.8 Å². The average Bonchev–Trinajstić information content (AvgIpc) is 3.61. The third-order valence-electron chi connectivity index (χ3n) is 8.37. The van der Waals surface area contributed by atoms with Crippen molar-refractivity contribution < 1.29 is 24.2 Å². The van der Waals surface area contributed by atoms with Crippen LogP contribution < -0.4 is 16.4 Å². The number of nitrogens with two attached hydrogens (primary N) is 1. The number of carbonyl (C=O) groups is 3. The molecule has 2 aromatic rings. The number of aryl methyl sites for hydroxylation is 1. The van der Waals surface area contributed by atoms with Crippen LogP contribution in [0.3, 0.4) is 0 Å². The lowest BCUT2D eigenvalue weighted by molar-refractivity contribution is -0.145. The summed E-state index contributed by atoms with van der Waals surface area (Å²) in [5.41, 5.74) is 9.77. The van der Waals surface area contributed by atoms with Crippen molar-refractivity contribution in [3.63, 3.8) is 0 Å². The van der Waals surface area contributed by atoms with Gasteiger partial charge in [-0.1, -0.05) is 45.0 Å². The van der Waals surface area contributed by atoms with Gasteiger partial charge in [-0.3, -0.25) is 14.4 Å². The molecule has 0 spiro atoms. The van der Waals surface area contributed by atoms with Crippen LogP contribution in [0.5, 0.6) is 0 Å². The third kappa shape index (κ3) is 9.07. The molecule has 242 valence electrons. The number of benzene rings is 1. The molecule has 12 heteroatoms. The predicted octanol–water partition coefficient (Wildman–Crippen LogP) is 2.06. The van der Waals surface area contributed by atoms with Gasteiger partial charge in [0.05, 0.1) is 28.3 Å². The van der Waals surface area contributed by atoms with E-state index in [9.17, 15) is 19.5 Å². The quantitative estimate of drug-likeness (QED) is 0.279. The highest BCUT2D eigenvalue weighted by Crippen LogP contribution is 2.28. The molecule has 0 saturated carbocycles. The fraction of sp³-hybridized carbons (Fsp3) is 0.625. The van der Waals surface area contributed by atoms with Gasteiger partial charge < -0.3 is 36.0 Å². The van der Waals surface area contributed by atoms with Crippen molar-refractivity contribution in [3.05, 3.63) is 41.0 Å². The number of carbonyl (C=O) groups excluding carboxylic acids is 3. The Hall–Kier alpha value is -2.90. The molecule has 44 heavy (non-hydrogen) atoms. The first-order valence-corrected chi connectivity index (χ1v) is 16.4. The van der Waals surface area contributed by atoms with E-state index in [-0.39, 0.29) is 49.9 Å². The molecule has 3 atom stereocenters. The van der Waals surface area contributed by atoms with E-state index in [4.69, 9.17) is 10.5 Å². The van der Waals surface area contributed by atoms with Gasteiger partial charge in [-0.25, -0.2) is 4.98 Å². The van der Waals surface area contributed by atoms with E-state index in [2.05, 4.69) is 20.5 Å². The van der Waals surface area contributed by atoms with Gasteiger partial charge in [0.15, 0.2) is 0 Å². The second-order valence-corrected chi connectivity index (χ2v) is 13.8. The van der Waals surface area contributed by atoms with E-state index in [1.807, 2.05) is 57.5 Å². The number of hydrogen-bond donors (Lipinski definition) is 4. The summed E-state index contributed by atoms with van der Waals surface area (Å²) >= 11 is 1.59. The van der Waals surface area contributed by atoms with Crippen LogP contribution in [0.1, 0.15) is 57.7 Å². The second kappa shape index (κ2) is 15.4. The molecule has 11 nitrogen and oxygen atoms in total. The molecule has 1 aromatic carbocycles. The fourth-order valence-corrected chi connectivity index (χ4v) is 6.60. The van der Waals surface area contributed by atoms with Gasteiger partial charge in [-0.05, 0) is 55.8 Å². The van der Waals surface area contributed by atoms with Gasteiger partial charge in [-0.2, -0.15) is 0 Å². The van der Waals surface area contributed by atoms with Crippen LogP contribution in [0.2, 0.25) is 0 Å².